The molecule has 0 saturated heterocycles. The number of carboxylic acids is 1. The van der Waals surface area contributed by atoms with Crippen molar-refractivity contribution in [3.05, 3.63) is 0 Å². The van der Waals surface area contributed by atoms with Crippen molar-refractivity contribution in [1.82, 2.24) is 0 Å². The number of aliphatic carboxylic acids is 1. The molecule has 0 aromatic rings. The summed E-state index contributed by atoms with van der Waals surface area (Å²) in [5.41, 5.74) is 0. The molecule has 1 atom stereocenters. The maximum Gasteiger partial charge on any atom is 1.00 e. The van der Waals surface area contributed by atoms with E-state index in [0.29, 0.717) is 6.42 Å². The summed E-state index contributed by atoms with van der Waals surface area (Å²) in [5.74, 6) is -2.64. The van der Waals surface area contributed by atoms with Crippen LogP contribution in [0.25, 0.3) is 0 Å². The van der Waals surface area contributed by atoms with E-state index in [0.717, 1.165) is 12.8 Å². The van der Waals surface area contributed by atoms with Crippen LogP contribution in [0.3, 0.4) is 0 Å². The summed E-state index contributed by atoms with van der Waals surface area (Å²) in [5, 5.41) is 19.9. The Morgan fingerprint density at radius 1 is 1.11 bits per heavy atom. The summed E-state index contributed by atoms with van der Waals surface area (Å²) in [4.78, 5) is 10.2. The van der Waals surface area contributed by atoms with Crippen molar-refractivity contribution in [2.75, 3.05) is 6.61 Å². The first-order chi connectivity index (χ1) is 8.48. The monoisotopic (exact) mass is 282 g/mol. The number of aliphatic hydroxyl groups is 1. The number of carbonyl (C=O) groups excluding carboxylic acids is 1. The number of ether oxygens (including phenoxy) is 1. The minimum absolute atomic E-state index is 0. The van der Waals surface area contributed by atoms with E-state index in [1.54, 1.807) is 0 Å². The van der Waals surface area contributed by atoms with E-state index >= 15 is 0 Å². The first kappa shape index (κ1) is 21.7. The van der Waals surface area contributed by atoms with Gasteiger partial charge in [0.25, 0.3) is 0 Å². The largest absolute Gasteiger partial charge is 1.00 e. The number of carbonyl (C=O) groups is 1. The fourth-order valence-electron chi connectivity index (χ4n) is 1.87. The van der Waals surface area contributed by atoms with Gasteiger partial charge >= 0.3 is 29.6 Å². The Hall–Kier alpha value is 0.390. The second-order valence-corrected chi connectivity index (χ2v) is 5.06. The van der Waals surface area contributed by atoms with E-state index in [-0.39, 0.29) is 29.6 Å². The van der Waals surface area contributed by atoms with E-state index in [1.807, 2.05) is 0 Å². The van der Waals surface area contributed by atoms with Crippen LogP contribution in [-0.2, 0) is 9.53 Å². The SMILES string of the molecule is CCCCCCCCCCC(C)(O)OCC(=O)[O-].[Na+]. The van der Waals surface area contributed by atoms with Gasteiger partial charge in [0.05, 0.1) is 12.6 Å². The van der Waals surface area contributed by atoms with Crippen molar-refractivity contribution in [3.63, 3.8) is 0 Å². The number of rotatable bonds is 12. The zero-order chi connectivity index (χ0) is 13.9. The molecule has 0 radical (unpaired) electrons. The van der Waals surface area contributed by atoms with Crippen molar-refractivity contribution in [3.8, 4) is 0 Å². The third kappa shape index (κ3) is 16.3. The van der Waals surface area contributed by atoms with Crippen LogP contribution in [-0.4, -0.2) is 23.5 Å². The quantitative estimate of drug-likeness (QED) is 0.283. The van der Waals surface area contributed by atoms with Gasteiger partial charge in [0.1, 0.15) is 0 Å². The molecule has 0 fully saturated rings. The molecular weight excluding hydrogens is 255 g/mol. The van der Waals surface area contributed by atoms with Gasteiger partial charge in [-0.25, -0.2) is 0 Å². The predicted octanol–water partition coefficient (Wildman–Crippen LogP) is -1.00. The molecule has 0 aliphatic carbocycles. The average Bonchev–Trinajstić information content (AvgIpc) is 2.30. The smallest absolute Gasteiger partial charge is 0.548 e. The van der Waals surface area contributed by atoms with Crippen molar-refractivity contribution in [2.45, 2.75) is 77.4 Å². The maximum absolute atomic E-state index is 10.2. The fourth-order valence-corrected chi connectivity index (χ4v) is 1.87. The second kappa shape index (κ2) is 13.4. The molecule has 4 nitrogen and oxygen atoms in total. The van der Waals surface area contributed by atoms with Crippen molar-refractivity contribution < 1.29 is 49.3 Å². The molecule has 19 heavy (non-hydrogen) atoms. The minimum atomic E-state index is -1.34. The molecule has 0 spiro atoms. The molecule has 0 aliphatic rings. The van der Waals surface area contributed by atoms with Crippen molar-refractivity contribution in [1.29, 1.82) is 0 Å². The Balaban J connectivity index is 0. The van der Waals surface area contributed by atoms with Crippen LogP contribution in [0, 0.1) is 0 Å². The summed E-state index contributed by atoms with van der Waals surface area (Å²) in [6.45, 7) is 3.15. The first-order valence-corrected chi connectivity index (χ1v) is 7.04. The minimum Gasteiger partial charge on any atom is -0.548 e. The van der Waals surface area contributed by atoms with Gasteiger partial charge in [0, 0.05) is 6.42 Å². The van der Waals surface area contributed by atoms with Gasteiger partial charge in [0.15, 0.2) is 5.79 Å². The molecule has 0 rings (SSSR count). The number of carboxylic acid groups (broad SMARTS) is 1. The van der Waals surface area contributed by atoms with E-state index in [9.17, 15) is 15.0 Å². The van der Waals surface area contributed by atoms with Gasteiger partial charge in [-0.3, -0.25) is 0 Å². The molecule has 0 aliphatic heterocycles. The summed E-state index contributed by atoms with van der Waals surface area (Å²) in [6.07, 6.45) is 9.95. The average molecular weight is 282 g/mol. The molecule has 0 bridgehead atoms. The van der Waals surface area contributed by atoms with Crippen LogP contribution in [0.4, 0.5) is 0 Å². The van der Waals surface area contributed by atoms with Crippen molar-refractivity contribution >= 4 is 5.97 Å². The Kier molecular flexibility index (Phi) is 15.3. The molecule has 1 N–H and O–H groups in total. The zero-order valence-corrected chi connectivity index (χ0v) is 14.7. The van der Waals surface area contributed by atoms with Gasteiger partial charge in [-0.2, -0.15) is 0 Å². The molecule has 5 heteroatoms. The van der Waals surface area contributed by atoms with Gasteiger partial charge in [-0.15, -0.1) is 0 Å². The van der Waals surface area contributed by atoms with Gasteiger partial charge in [-0.05, 0) is 13.3 Å². The Morgan fingerprint density at radius 3 is 2.05 bits per heavy atom. The predicted molar refractivity (Wildman–Crippen MR) is 68.8 cm³/mol. The molecule has 0 saturated carbocycles. The van der Waals surface area contributed by atoms with E-state index < -0.39 is 18.4 Å². The molecule has 0 aromatic heterocycles. The normalized spacial score (nSPS) is 13.6. The third-order valence-electron chi connectivity index (χ3n) is 3.00. The molecular formula is C14H27NaO4. The fraction of sp³-hybridized carbons (Fsp3) is 0.929. The number of hydrogen-bond acceptors (Lipinski definition) is 4. The topological polar surface area (TPSA) is 69.6 Å². The van der Waals surface area contributed by atoms with Gasteiger partial charge in [-0.1, -0.05) is 51.9 Å². The van der Waals surface area contributed by atoms with Crippen LogP contribution in [0.5, 0.6) is 0 Å². The van der Waals surface area contributed by atoms with Crippen LogP contribution in [0.15, 0.2) is 0 Å². The first-order valence-electron chi connectivity index (χ1n) is 7.04. The maximum atomic E-state index is 10.2. The van der Waals surface area contributed by atoms with Crippen LogP contribution in [0.2, 0.25) is 0 Å². The van der Waals surface area contributed by atoms with Crippen LogP contribution < -0.4 is 34.7 Å². The van der Waals surface area contributed by atoms with Crippen molar-refractivity contribution in [2.24, 2.45) is 0 Å². The Morgan fingerprint density at radius 2 is 1.58 bits per heavy atom. The van der Waals surface area contributed by atoms with E-state index in [4.69, 9.17) is 4.74 Å². The zero-order valence-electron chi connectivity index (χ0n) is 12.7. The standard InChI is InChI=1S/C14H28O4.Na/c1-3-4-5-6-7-8-9-10-11-14(2,17)18-12-13(15)16;/h17H,3-12H2,1-2H3,(H,15,16);/q;+1/p-1. The van der Waals surface area contributed by atoms with E-state index in [1.165, 1.54) is 45.4 Å². The molecule has 1 unspecified atom stereocenters. The summed E-state index contributed by atoms with van der Waals surface area (Å²) in [7, 11) is 0. The summed E-state index contributed by atoms with van der Waals surface area (Å²) < 4.78 is 4.84. The van der Waals surface area contributed by atoms with Gasteiger partial charge in [0.2, 0.25) is 0 Å². The van der Waals surface area contributed by atoms with Crippen LogP contribution in [0.1, 0.15) is 71.6 Å². The molecule has 108 valence electrons. The molecule has 0 aromatic carbocycles. The van der Waals surface area contributed by atoms with E-state index in [2.05, 4.69) is 6.92 Å². The third-order valence-corrected chi connectivity index (χ3v) is 3.00. The number of hydrogen-bond donors (Lipinski definition) is 1. The Labute approximate surface area is 139 Å². The van der Waals surface area contributed by atoms with Gasteiger partial charge < -0.3 is 19.7 Å². The summed E-state index contributed by atoms with van der Waals surface area (Å²) >= 11 is 0. The molecule has 0 heterocycles. The summed E-state index contributed by atoms with van der Waals surface area (Å²) in [6, 6.07) is 0. The molecule has 0 amide bonds. The second-order valence-electron chi connectivity index (χ2n) is 5.06. The van der Waals surface area contributed by atoms with Crippen LogP contribution >= 0.6 is 0 Å². The number of unbranched alkanes of at least 4 members (excludes halogenated alkanes) is 7. The Bertz CT molecular complexity index is 219.